The average Bonchev–Trinajstić information content (AvgIpc) is 3.05. The van der Waals surface area contributed by atoms with E-state index in [2.05, 4.69) is 40.4 Å². The van der Waals surface area contributed by atoms with Crippen LogP contribution in [0.1, 0.15) is 19.4 Å². The van der Waals surface area contributed by atoms with Crippen LogP contribution in [0.15, 0.2) is 76.5 Å². The highest BCUT2D eigenvalue weighted by molar-refractivity contribution is 8.26. The molecule has 1 fully saturated rings. The van der Waals surface area contributed by atoms with Gasteiger partial charge in [-0.1, -0.05) is 35.5 Å². The third-order valence-corrected chi connectivity index (χ3v) is 5.66. The third kappa shape index (κ3) is 5.78. The Kier molecular flexibility index (Phi) is 7.94. The number of hydrogen-bond donors (Lipinski definition) is 0. The van der Waals surface area contributed by atoms with E-state index in [1.165, 1.54) is 5.69 Å². The number of rotatable bonds is 9. The number of thioether (sulfide) groups is 1. The van der Waals surface area contributed by atoms with Gasteiger partial charge in [-0.15, -0.1) is 5.06 Å². The summed E-state index contributed by atoms with van der Waals surface area (Å²) in [6.07, 6.45) is 2.79. The molecule has 0 N–H and O–H groups in total. The molecule has 0 aromatic heterocycles. The highest BCUT2D eigenvalue weighted by Crippen LogP contribution is 2.33. The molecule has 0 spiro atoms. The van der Waals surface area contributed by atoms with E-state index in [0.29, 0.717) is 10.6 Å². The van der Waals surface area contributed by atoms with Crippen molar-refractivity contribution in [2.24, 2.45) is 10.2 Å². The molecule has 0 aliphatic carbocycles. The van der Waals surface area contributed by atoms with Crippen LogP contribution < -0.4 is 4.90 Å². The molecule has 0 saturated carbocycles. The minimum Gasteiger partial charge on any atom is -0.372 e. The van der Waals surface area contributed by atoms with Gasteiger partial charge < -0.3 is 9.79 Å². The molecule has 1 saturated heterocycles. The van der Waals surface area contributed by atoms with Crippen LogP contribution in [-0.2, 0) is 14.7 Å². The SMILES string of the molecule is C=COON1C(=O)/C(=C\c2ccc(/N=N/c3ccc(N(CC)CC)cc3)cc2)SC1=S. The number of nitrogens with zero attached hydrogens (tertiary/aromatic N) is 4. The van der Waals surface area contributed by atoms with Gasteiger partial charge in [0.25, 0.3) is 5.91 Å². The second-order valence-corrected chi connectivity index (χ2v) is 7.97. The van der Waals surface area contributed by atoms with E-state index in [-0.39, 0.29) is 4.32 Å². The van der Waals surface area contributed by atoms with Crippen molar-refractivity contribution < 1.29 is 14.7 Å². The molecule has 1 aliphatic heterocycles. The summed E-state index contributed by atoms with van der Waals surface area (Å²) in [4.78, 5) is 24.4. The number of carbonyl (C=O) groups is 1. The Hall–Kier alpha value is -3.01. The van der Waals surface area contributed by atoms with Crippen LogP contribution >= 0.6 is 24.0 Å². The van der Waals surface area contributed by atoms with E-state index >= 15 is 0 Å². The largest absolute Gasteiger partial charge is 0.372 e. The molecule has 1 heterocycles. The van der Waals surface area contributed by atoms with Gasteiger partial charge in [0.05, 0.1) is 16.3 Å². The number of anilines is 1. The van der Waals surface area contributed by atoms with Crippen LogP contribution in [-0.4, -0.2) is 28.4 Å². The molecule has 1 aliphatic rings. The number of benzene rings is 2. The van der Waals surface area contributed by atoms with Crippen LogP contribution in [0.5, 0.6) is 0 Å². The van der Waals surface area contributed by atoms with Gasteiger partial charge in [-0.2, -0.15) is 10.2 Å². The summed E-state index contributed by atoms with van der Waals surface area (Å²) in [7, 11) is 0. The minimum atomic E-state index is -0.395. The highest BCUT2D eigenvalue weighted by Gasteiger charge is 2.34. The summed E-state index contributed by atoms with van der Waals surface area (Å²) >= 11 is 6.25. The van der Waals surface area contributed by atoms with Crippen molar-refractivity contribution in [3.63, 3.8) is 0 Å². The predicted molar refractivity (Wildman–Crippen MR) is 128 cm³/mol. The third-order valence-electron chi connectivity index (χ3n) is 4.39. The van der Waals surface area contributed by atoms with Crippen LogP contribution in [0.4, 0.5) is 17.1 Å². The van der Waals surface area contributed by atoms with Gasteiger partial charge in [0, 0.05) is 18.8 Å². The zero-order chi connectivity index (χ0) is 22.2. The van der Waals surface area contributed by atoms with Crippen molar-refractivity contribution in [1.82, 2.24) is 5.06 Å². The molecule has 0 radical (unpaired) electrons. The monoisotopic (exact) mass is 454 g/mol. The first-order valence-electron chi connectivity index (χ1n) is 9.64. The lowest BCUT2D eigenvalue weighted by Gasteiger charge is -2.20. The first-order valence-corrected chi connectivity index (χ1v) is 10.9. The molecule has 0 atom stereocenters. The Morgan fingerprint density at radius 2 is 1.65 bits per heavy atom. The van der Waals surface area contributed by atoms with Crippen molar-refractivity contribution in [2.45, 2.75) is 13.8 Å². The molecular weight excluding hydrogens is 432 g/mol. The molecule has 9 heteroatoms. The average molecular weight is 455 g/mol. The molecule has 31 heavy (non-hydrogen) atoms. The minimum absolute atomic E-state index is 0.246. The van der Waals surface area contributed by atoms with E-state index in [0.717, 1.165) is 47.4 Å². The second kappa shape index (κ2) is 10.9. The lowest BCUT2D eigenvalue weighted by atomic mass is 10.2. The Balaban J connectivity index is 1.65. The van der Waals surface area contributed by atoms with Crippen LogP contribution in [0.25, 0.3) is 6.08 Å². The number of hydrogen-bond acceptors (Lipinski definition) is 8. The van der Waals surface area contributed by atoms with Gasteiger partial charge in [-0.3, -0.25) is 4.79 Å². The smallest absolute Gasteiger partial charge is 0.293 e. The first kappa shape index (κ1) is 22.7. The maximum Gasteiger partial charge on any atom is 0.293 e. The fourth-order valence-corrected chi connectivity index (χ4v) is 3.95. The van der Waals surface area contributed by atoms with Crippen molar-refractivity contribution in [1.29, 1.82) is 0 Å². The van der Waals surface area contributed by atoms with E-state index in [4.69, 9.17) is 17.2 Å². The van der Waals surface area contributed by atoms with E-state index in [1.54, 1.807) is 6.08 Å². The lowest BCUT2D eigenvalue weighted by molar-refractivity contribution is -0.350. The van der Waals surface area contributed by atoms with Gasteiger partial charge >= 0.3 is 0 Å². The fourth-order valence-electron chi connectivity index (χ4n) is 2.81. The molecule has 3 rings (SSSR count). The second-order valence-electron chi connectivity index (χ2n) is 6.29. The van der Waals surface area contributed by atoms with Gasteiger partial charge in [0.15, 0.2) is 4.32 Å². The van der Waals surface area contributed by atoms with E-state index < -0.39 is 5.91 Å². The maximum atomic E-state index is 12.3. The summed E-state index contributed by atoms with van der Waals surface area (Å²) < 4.78 is 0.246. The summed E-state index contributed by atoms with van der Waals surface area (Å²) in [5.41, 5.74) is 3.48. The topological polar surface area (TPSA) is 66.7 Å². The Labute approximate surface area is 190 Å². The van der Waals surface area contributed by atoms with Crippen LogP contribution in [0.2, 0.25) is 0 Å². The number of azo groups is 1. The van der Waals surface area contributed by atoms with Gasteiger partial charge in [-0.05, 0) is 74.1 Å². The van der Waals surface area contributed by atoms with E-state index in [9.17, 15) is 4.79 Å². The summed E-state index contributed by atoms with van der Waals surface area (Å²) in [6.45, 7) is 9.54. The molecule has 0 unspecified atom stereocenters. The van der Waals surface area contributed by atoms with Gasteiger partial charge in [-0.25, -0.2) is 0 Å². The molecule has 7 nitrogen and oxygen atoms in total. The van der Waals surface area contributed by atoms with Gasteiger partial charge in [0.2, 0.25) is 0 Å². The predicted octanol–water partition coefficient (Wildman–Crippen LogP) is 6.16. The van der Waals surface area contributed by atoms with Crippen LogP contribution in [0, 0.1) is 0 Å². The number of amides is 1. The Morgan fingerprint density at radius 1 is 1.06 bits per heavy atom. The molecule has 1 amide bonds. The molecule has 0 bridgehead atoms. The first-order chi connectivity index (χ1) is 15.0. The van der Waals surface area contributed by atoms with Crippen molar-refractivity contribution >= 4 is 57.3 Å². The summed E-state index contributed by atoms with van der Waals surface area (Å²) in [5.74, 6) is -0.395. The van der Waals surface area contributed by atoms with E-state index in [1.807, 2.05) is 48.5 Å². The van der Waals surface area contributed by atoms with Crippen LogP contribution in [0.3, 0.4) is 0 Å². The summed E-state index contributed by atoms with van der Waals surface area (Å²) in [6, 6.07) is 15.4. The quantitative estimate of drug-likeness (QED) is 0.113. The Morgan fingerprint density at radius 3 is 2.19 bits per heavy atom. The van der Waals surface area contributed by atoms with Crippen molar-refractivity contribution in [3.05, 3.63) is 71.8 Å². The number of carbonyl (C=O) groups excluding carboxylic acids is 1. The molecule has 2 aromatic rings. The zero-order valence-electron chi connectivity index (χ0n) is 17.2. The maximum absolute atomic E-state index is 12.3. The molecule has 160 valence electrons. The number of hydroxylamine groups is 2. The summed E-state index contributed by atoms with van der Waals surface area (Å²) in [5, 5.41) is 9.48. The van der Waals surface area contributed by atoms with Gasteiger partial charge in [0.1, 0.15) is 6.26 Å². The standard InChI is InChI=1S/C22H22N4O3S2/c1-4-25(5-2)19-13-11-18(12-14-19)24-23-17-9-7-16(8-10-17)15-20-21(27)26(22(30)31-20)29-28-6-3/h6-15H,3-5H2,1-2H3/b20-15+,24-23+. The lowest BCUT2D eigenvalue weighted by Crippen LogP contribution is -2.27. The Bertz CT molecular complexity index is 1000. The number of thiocarbonyl (C=S) groups is 1. The molecular formula is C22H22N4O3S2. The van der Waals surface area contributed by atoms with Crippen molar-refractivity contribution in [3.8, 4) is 0 Å². The highest BCUT2D eigenvalue weighted by atomic mass is 32.2. The van der Waals surface area contributed by atoms with Crippen molar-refractivity contribution in [2.75, 3.05) is 18.0 Å². The zero-order valence-corrected chi connectivity index (χ0v) is 18.9. The fraction of sp³-hybridized carbons (Fsp3) is 0.182. The normalized spacial score (nSPS) is 15.2. The molecule has 2 aromatic carbocycles.